The van der Waals surface area contributed by atoms with Gasteiger partial charge >= 0.3 is 0 Å². The van der Waals surface area contributed by atoms with E-state index in [0.29, 0.717) is 0 Å². The van der Waals surface area contributed by atoms with Gasteiger partial charge in [-0.25, -0.2) is 4.98 Å². The zero-order valence-corrected chi connectivity index (χ0v) is 8.56. The highest BCUT2D eigenvalue weighted by atomic mass is 79.9. The van der Waals surface area contributed by atoms with E-state index in [0.717, 1.165) is 15.9 Å². The van der Waals surface area contributed by atoms with Crippen molar-refractivity contribution in [3.63, 3.8) is 0 Å². The van der Waals surface area contributed by atoms with Crippen molar-refractivity contribution in [2.24, 2.45) is 7.05 Å². The average molecular weight is 239 g/mol. The van der Waals surface area contributed by atoms with Crippen LogP contribution in [0.4, 0.5) is 0 Å². The molecule has 0 radical (unpaired) electrons. The molecular weight excluding hydrogens is 232 g/mol. The summed E-state index contributed by atoms with van der Waals surface area (Å²) < 4.78 is 2.83. The molecule has 4 nitrogen and oxygen atoms in total. The quantitative estimate of drug-likeness (QED) is 0.759. The molecule has 2 aromatic heterocycles. The molecule has 0 aliphatic rings. The molecule has 2 aromatic rings. The van der Waals surface area contributed by atoms with Gasteiger partial charge in [0.05, 0.1) is 22.4 Å². The molecule has 2 heterocycles. The minimum atomic E-state index is 0.877. The first-order chi connectivity index (χ1) is 6.29. The molecule has 0 spiro atoms. The Hall–Kier alpha value is -1.23. The lowest BCUT2D eigenvalue weighted by molar-refractivity contribution is 0.916. The van der Waals surface area contributed by atoms with Gasteiger partial charge in [0.2, 0.25) is 0 Å². The Labute approximate surface area is 83.8 Å². The molecule has 2 rings (SSSR count). The first-order valence-corrected chi connectivity index (χ1v) is 4.52. The number of aromatic nitrogens is 4. The molecule has 0 aliphatic heterocycles. The van der Waals surface area contributed by atoms with Gasteiger partial charge in [-0.15, -0.1) is 0 Å². The topological polar surface area (TPSA) is 43.6 Å². The largest absolute Gasteiger partial charge is 0.334 e. The van der Waals surface area contributed by atoms with Crippen molar-refractivity contribution in [3.05, 3.63) is 29.3 Å². The van der Waals surface area contributed by atoms with Crippen molar-refractivity contribution >= 4 is 15.9 Å². The van der Waals surface area contributed by atoms with E-state index in [2.05, 4.69) is 31.1 Å². The summed E-state index contributed by atoms with van der Waals surface area (Å²) in [4.78, 5) is 4.21. The summed E-state index contributed by atoms with van der Waals surface area (Å²) in [6.45, 7) is 0. The predicted molar refractivity (Wildman–Crippen MR) is 51.9 cm³/mol. The molecule has 0 amide bonds. The van der Waals surface area contributed by atoms with Crippen LogP contribution in [0.1, 0.15) is 0 Å². The van der Waals surface area contributed by atoms with Crippen LogP contribution in [0.15, 0.2) is 29.3 Å². The second-order valence-electron chi connectivity index (χ2n) is 2.61. The van der Waals surface area contributed by atoms with Crippen LogP contribution in [-0.2, 0) is 7.05 Å². The summed E-state index contributed by atoms with van der Waals surface area (Å²) in [5, 5.41) is 7.56. The van der Waals surface area contributed by atoms with E-state index in [1.807, 2.05) is 17.8 Å². The van der Waals surface area contributed by atoms with Crippen molar-refractivity contribution in [2.45, 2.75) is 0 Å². The van der Waals surface area contributed by atoms with E-state index >= 15 is 0 Å². The monoisotopic (exact) mass is 238 g/mol. The van der Waals surface area contributed by atoms with E-state index in [1.165, 1.54) is 0 Å². The fourth-order valence-corrected chi connectivity index (χ4v) is 1.47. The van der Waals surface area contributed by atoms with Gasteiger partial charge in [-0.3, -0.25) is 0 Å². The van der Waals surface area contributed by atoms with Crippen LogP contribution in [0.25, 0.3) is 11.4 Å². The molecule has 66 valence electrons. The van der Waals surface area contributed by atoms with Crippen molar-refractivity contribution < 1.29 is 0 Å². The highest BCUT2D eigenvalue weighted by Crippen LogP contribution is 2.23. The smallest absolute Gasteiger partial charge is 0.142 e. The summed E-state index contributed by atoms with van der Waals surface area (Å²) >= 11 is 3.40. The Kier molecular flexibility index (Phi) is 2.10. The maximum atomic E-state index is 4.21. The van der Waals surface area contributed by atoms with Crippen LogP contribution < -0.4 is 0 Å². The van der Waals surface area contributed by atoms with Gasteiger partial charge in [0, 0.05) is 19.4 Å². The molecule has 0 saturated heterocycles. The average Bonchev–Trinajstić information content (AvgIpc) is 2.52. The van der Waals surface area contributed by atoms with E-state index in [9.17, 15) is 0 Å². The molecule has 13 heavy (non-hydrogen) atoms. The molecule has 0 fully saturated rings. The molecule has 0 bridgehead atoms. The molecule has 0 aromatic carbocycles. The number of aryl methyl sites for hydroxylation is 1. The van der Waals surface area contributed by atoms with Gasteiger partial charge in [0.1, 0.15) is 5.82 Å². The molecular formula is C8H7BrN4. The fraction of sp³-hybridized carbons (Fsp3) is 0.125. The Morgan fingerprint density at radius 3 is 2.69 bits per heavy atom. The zero-order valence-electron chi connectivity index (χ0n) is 6.98. The van der Waals surface area contributed by atoms with Gasteiger partial charge < -0.3 is 4.57 Å². The Morgan fingerprint density at radius 1 is 1.31 bits per heavy atom. The maximum Gasteiger partial charge on any atom is 0.142 e. The molecule has 5 heteroatoms. The number of rotatable bonds is 1. The van der Waals surface area contributed by atoms with Crippen LogP contribution in [0, 0.1) is 0 Å². The highest BCUT2D eigenvalue weighted by molar-refractivity contribution is 9.10. The lowest BCUT2D eigenvalue weighted by Gasteiger charge is -2.01. The summed E-state index contributed by atoms with van der Waals surface area (Å²) in [6, 6.07) is 0. The van der Waals surface area contributed by atoms with Crippen molar-refractivity contribution in [1.82, 2.24) is 19.7 Å². The van der Waals surface area contributed by atoms with Crippen molar-refractivity contribution in [3.8, 4) is 11.4 Å². The van der Waals surface area contributed by atoms with E-state index in [1.54, 1.807) is 18.6 Å². The third-order valence-corrected chi connectivity index (χ3v) is 2.38. The molecule has 0 aliphatic carbocycles. The summed E-state index contributed by atoms with van der Waals surface area (Å²) in [7, 11) is 1.94. The first kappa shape index (κ1) is 8.37. The van der Waals surface area contributed by atoms with Gasteiger partial charge in [0.15, 0.2) is 0 Å². The molecule has 0 saturated carbocycles. The number of hydrogen-bond donors (Lipinski definition) is 0. The normalized spacial score (nSPS) is 10.3. The summed E-state index contributed by atoms with van der Waals surface area (Å²) in [6.07, 6.45) is 6.99. The minimum absolute atomic E-state index is 0.877. The number of nitrogens with zero attached hydrogens (tertiary/aromatic N) is 4. The van der Waals surface area contributed by atoms with Gasteiger partial charge in [0.25, 0.3) is 0 Å². The predicted octanol–water partition coefficient (Wildman–Crippen LogP) is 1.64. The Morgan fingerprint density at radius 2 is 2.08 bits per heavy atom. The lowest BCUT2D eigenvalue weighted by atomic mass is 10.3. The van der Waals surface area contributed by atoms with Crippen LogP contribution in [0.2, 0.25) is 0 Å². The number of hydrogen-bond acceptors (Lipinski definition) is 3. The second kappa shape index (κ2) is 3.26. The van der Waals surface area contributed by atoms with Gasteiger partial charge in [-0.2, -0.15) is 10.2 Å². The molecule has 0 atom stereocenters. The van der Waals surface area contributed by atoms with Gasteiger partial charge in [-0.1, -0.05) is 0 Å². The van der Waals surface area contributed by atoms with Crippen LogP contribution in [0.5, 0.6) is 0 Å². The minimum Gasteiger partial charge on any atom is -0.334 e. The molecule has 0 N–H and O–H groups in total. The maximum absolute atomic E-state index is 4.21. The van der Waals surface area contributed by atoms with Crippen molar-refractivity contribution in [2.75, 3.05) is 0 Å². The Balaban J connectivity index is 2.59. The molecule has 0 unspecified atom stereocenters. The van der Waals surface area contributed by atoms with Crippen LogP contribution in [0.3, 0.4) is 0 Å². The van der Waals surface area contributed by atoms with E-state index < -0.39 is 0 Å². The number of imidazole rings is 1. The summed E-state index contributed by atoms with van der Waals surface area (Å²) in [5.41, 5.74) is 0.947. The SMILES string of the molecule is Cn1ccnc1-c1cnncc1Br. The number of halogens is 1. The fourth-order valence-electron chi connectivity index (χ4n) is 1.10. The lowest BCUT2D eigenvalue weighted by Crippen LogP contribution is -1.93. The van der Waals surface area contributed by atoms with Crippen molar-refractivity contribution in [1.29, 1.82) is 0 Å². The summed E-state index contributed by atoms with van der Waals surface area (Å²) in [5.74, 6) is 0.877. The Bertz CT molecular complexity index is 424. The second-order valence-corrected chi connectivity index (χ2v) is 3.47. The van der Waals surface area contributed by atoms with Gasteiger partial charge in [-0.05, 0) is 15.9 Å². The third-order valence-electron chi connectivity index (χ3n) is 1.74. The van der Waals surface area contributed by atoms with E-state index in [-0.39, 0.29) is 0 Å². The third kappa shape index (κ3) is 1.47. The standard InChI is InChI=1S/C8H7BrN4/c1-13-3-2-10-8(13)6-4-11-12-5-7(6)9/h2-5H,1H3. The van der Waals surface area contributed by atoms with Crippen LogP contribution in [-0.4, -0.2) is 19.7 Å². The zero-order chi connectivity index (χ0) is 9.26. The highest BCUT2D eigenvalue weighted by Gasteiger charge is 2.07. The first-order valence-electron chi connectivity index (χ1n) is 3.73. The van der Waals surface area contributed by atoms with E-state index in [4.69, 9.17) is 0 Å². The van der Waals surface area contributed by atoms with Crippen LogP contribution >= 0.6 is 15.9 Å².